The van der Waals surface area contributed by atoms with Crippen LogP contribution in [-0.2, 0) is 20.7 Å². The Bertz CT molecular complexity index is 1400. The molecule has 0 radical (unpaired) electrons. The van der Waals surface area contributed by atoms with Gasteiger partial charge in [-0.3, -0.25) is 24.5 Å². The summed E-state index contributed by atoms with van der Waals surface area (Å²) < 4.78 is 11.2. The summed E-state index contributed by atoms with van der Waals surface area (Å²) in [5, 5.41) is 12.5. The summed E-state index contributed by atoms with van der Waals surface area (Å²) in [4.78, 5) is 49.3. The van der Waals surface area contributed by atoms with Crippen LogP contribution in [0.5, 0.6) is 0 Å². The number of Topliss-reactive ketones (excluding diaryl/α,β-unsaturated/α-hetero) is 2. The van der Waals surface area contributed by atoms with Crippen molar-refractivity contribution >= 4 is 34.0 Å². The Morgan fingerprint density at radius 3 is 2.35 bits per heavy atom. The van der Waals surface area contributed by atoms with Crippen molar-refractivity contribution in [2.45, 2.75) is 26.1 Å². The second-order valence-electron chi connectivity index (χ2n) is 8.33. The summed E-state index contributed by atoms with van der Waals surface area (Å²) in [5.41, 5.74) is 1.49. The van der Waals surface area contributed by atoms with Crippen molar-refractivity contribution < 1.29 is 28.8 Å². The molecule has 170 valence electrons. The van der Waals surface area contributed by atoms with Crippen LogP contribution < -0.4 is 0 Å². The second kappa shape index (κ2) is 8.22. The predicted octanol–water partition coefficient (Wildman–Crippen LogP) is 4.55. The highest BCUT2D eigenvalue weighted by Gasteiger charge is 2.44. The molecular formula is C26H19NO7. The Morgan fingerprint density at radius 1 is 1.06 bits per heavy atom. The minimum absolute atomic E-state index is 0.0372. The zero-order chi connectivity index (χ0) is 24.0. The van der Waals surface area contributed by atoms with Gasteiger partial charge in [0.05, 0.1) is 17.3 Å². The highest BCUT2D eigenvalue weighted by Crippen LogP contribution is 2.40. The normalized spacial score (nSPS) is 19.3. The van der Waals surface area contributed by atoms with Gasteiger partial charge in [-0.25, -0.2) is 0 Å². The van der Waals surface area contributed by atoms with Crippen LogP contribution >= 0.6 is 0 Å². The number of rotatable bonds is 4. The van der Waals surface area contributed by atoms with Crippen molar-refractivity contribution in [2.75, 3.05) is 0 Å². The molecule has 8 nitrogen and oxygen atoms in total. The third kappa shape index (κ3) is 3.73. The molecule has 3 aromatic rings. The fraction of sp³-hybridized carbons (Fsp3) is 0.192. The molecule has 0 N–H and O–H groups in total. The number of nitro benzene ring substituents is 1. The van der Waals surface area contributed by atoms with Gasteiger partial charge in [0.25, 0.3) is 5.69 Å². The highest BCUT2D eigenvalue weighted by molar-refractivity contribution is 6.25. The lowest BCUT2D eigenvalue weighted by Crippen LogP contribution is -2.39. The molecule has 0 spiro atoms. The third-order valence-electron chi connectivity index (χ3n) is 6.18. The van der Waals surface area contributed by atoms with Crippen molar-refractivity contribution in [1.29, 1.82) is 0 Å². The van der Waals surface area contributed by atoms with E-state index in [-0.39, 0.29) is 35.9 Å². The van der Waals surface area contributed by atoms with Gasteiger partial charge in [-0.2, -0.15) is 0 Å². The van der Waals surface area contributed by atoms with Crippen molar-refractivity contribution in [2.24, 2.45) is 5.92 Å². The van der Waals surface area contributed by atoms with Crippen LogP contribution in [-0.4, -0.2) is 28.7 Å². The number of esters is 1. The van der Waals surface area contributed by atoms with E-state index in [0.717, 1.165) is 10.8 Å². The summed E-state index contributed by atoms with van der Waals surface area (Å²) in [6, 6.07) is 16.6. The summed E-state index contributed by atoms with van der Waals surface area (Å²) in [6.45, 7) is 1.59. The van der Waals surface area contributed by atoms with Gasteiger partial charge < -0.3 is 9.47 Å². The van der Waals surface area contributed by atoms with Crippen LogP contribution in [0.2, 0.25) is 0 Å². The molecule has 0 amide bonds. The average molecular weight is 457 g/mol. The zero-order valence-electron chi connectivity index (χ0n) is 18.1. The van der Waals surface area contributed by atoms with E-state index in [0.29, 0.717) is 22.3 Å². The Kier molecular flexibility index (Phi) is 5.20. The summed E-state index contributed by atoms with van der Waals surface area (Å²) in [6.07, 6.45) is -1.09. The number of benzene rings is 3. The van der Waals surface area contributed by atoms with Crippen molar-refractivity contribution in [3.63, 3.8) is 0 Å². The van der Waals surface area contributed by atoms with Crippen LogP contribution in [0.4, 0.5) is 5.69 Å². The molecule has 1 heterocycles. The fourth-order valence-electron chi connectivity index (χ4n) is 4.55. The minimum atomic E-state index is -1.02. The first-order valence-electron chi connectivity index (χ1n) is 10.7. The molecule has 2 atom stereocenters. The van der Waals surface area contributed by atoms with E-state index < -0.39 is 23.1 Å². The lowest BCUT2D eigenvalue weighted by atomic mass is 9.74. The molecule has 1 aliphatic heterocycles. The lowest BCUT2D eigenvalue weighted by molar-refractivity contribution is -0.384. The average Bonchev–Trinajstić information content (AvgIpc) is 2.81. The predicted molar refractivity (Wildman–Crippen MR) is 121 cm³/mol. The Hall–Kier alpha value is -4.33. The summed E-state index contributed by atoms with van der Waals surface area (Å²) in [5.74, 6) is -1.54. The lowest BCUT2D eigenvalue weighted by Gasteiger charge is -2.34. The number of allylic oxidation sites excluding steroid dienone is 2. The van der Waals surface area contributed by atoms with Gasteiger partial charge in [0.2, 0.25) is 6.29 Å². The molecular weight excluding hydrogens is 438 g/mol. The molecule has 0 saturated heterocycles. The maximum absolute atomic E-state index is 13.4. The van der Waals surface area contributed by atoms with Gasteiger partial charge in [0, 0.05) is 35.3 Å². The quantitative estimate of drug-likeness (QED) is 0.321. The van der Waals surface area contributed by atoms with Crippen molar-refractivity contribution in [1.82, 2.24) is 0 Å². The maximum Gasteiger partial charge on any atom is 0.313 e. The van der Waals surface area contributed by atoms with Crippen LogP contribution in [0.15, 0.2) is 72.0 Å². The molecule has 2 aliphatic rings. The first-order valence-corrected chi connectivity index (χ1v) is 10.7. The minimum Gasteiger partial charge on any atom is -0.459 e. The van der Waals surface area contributed by atoms with E-state index >= 15 is 0 Å². The SMILES string of the molecule is CC1=C2C(=O)c3cc4ccccc4cc3C(=O)C2CC(OC(=O)Cc2ccc([N+](=O)[O-])cc2)O1. The maximum atomic E-state index is 13.4. The standard InChI is InChI=1S/C26H19NO7/c1-14-24-21(25(29)19-11-16-4-2-3-5-17(16)12-20(19)26(24)30)13-23(33-14)34-22(28)10-15-6-8-18(9-7-15)27(31)32/h2-9,11-12,21,23H,10,13H2,1H3. The first-order chi connectivity index (χ1) is 16.3. The largest absolute Gasteiger partial charge is 0.459 e. The number of hydrogen-bond acceptors (Lipinski definition) is 7. The molecule has 0 fully saturated rings. The number of fused-ring (bicyclic) bond motifs is 3. The molecule has 0 aromatic heterocycles. The van der Waals surface area contributed by atoms with Crippen LogP contribution in [0.3, 0.4) is 0 Å². The Morgan fingerprint density at radius 2 is 1.71 bits per heavy atom. The molecule has 3 aromatic carbocycles. The summed E-state index contributed by atoms with van der Waals surface area (Å²) >= 11 is 0. The van der Waals surface area contributed by atoms with Crippen LogP contribution in [0.1, 0.15) is 39.6 Å². The van der Waals surface area contributed by atoms with Crippen LogP contribution in [0, 0.1) is 16.0 Å². The zero-order valence-corrected chi connectivity index (χ0v) is 18.1. The van der Waals surface area contributed by atoms with Gasteiger partial charge in [-0.1, -0.05) is 36.4 Å². The van der Waals surface area contributed by atoms with E-state index in [2.05, 4.69) is 0 Å². The summed E-state index contributed by atoms with van der Waals surface area (Å²) in [7, 11) is 0. The highest BCUT2D eigenvalue weighted by atomic mass is 16.7. The van der Waals surface area contributed by atoms with Crippen LogP contribution in [0.25, 0.3) is 10.8 Å². The van der Waals surface area contributed by atoms with Crippen molar-refractivity contribution in [3.05, 3.63) is 98.8 Å². The Labute approximate surface area is 193 Å². The number of carbonyl (C=O) groups excluding carboxylic acids is 3. The molecule has 5 rings (SSSR count). The molecule has 0 bridgehead atoms. The number of carbonyl (C=O) groups is 3. The fourth-order valence-corrected chi connectivity index (χ4v) is 4.55. The molecule has 0 saturated carbocycles. The molecule has 1 aliphatic carbocycles. The number of hydrogen-bond donors (Lipinski definition) is 0. The smallest absolute Gasteiger partial charge is 0.313 e. The van der Waals surface area contributed by atoms with E-state index in [1.165, 1.54) is 24.3 Å². The van der Waals surface area contributed by atoms with Gasteiger partial charge in [0.1, 0.15) is 5.76 Å². The number of ether oxygens (including phenoxy) is 2. The van der Waals surface area contributed by atoms with Crippen molar-refractivity contribution in [3.8, 4) is 0 Å². The van der Waals surface area contributed by atoms with Gasteiger partial charge >= 0.3 is 5.97 Å². The molecule has 2 unspecified atom stereocenters. The topological polar surface area (TPSA) is 113 Å². The van der Waals surface area contributed by atoms with E-state index in [1.54, 1.807) is 19.1 Å². The Balaban J connectivity index is 1.36. The third-order valence-corrected chi connectivity index (χ3v) is 6.18. The van der Waals surface area contributed by atoms with Gasteiger partial charge in [-0.05, 0) is 35.4 Å². The van der Waals surface area contributed by atoms with E-state index in [4.69, 9.17) is 9.47 Å². The first kappa shape index (κ1) is 21.5. The molecule has 34 heavy (non-hydrogen) atoms. The van der Waals surface area contributed by atoms with E-state index in [1.807, 2.05) is 24.3 Å². The van der Waals surface area contributed by atoms with Gasteiger partial charge in [0.15, 0.2) is 11.6 Å². The van der Waals surface area contributed by atoms with E-state index in [9.17, 15) is 24.5 Å². The van der Waals surface area contributed by atoms with Gasteiger partial charge in [-0.15, -0.1) is 0 Å². The number of nitro groups is 1. The monoisotopic (exact) mass is 457 g/mol. The number of nitrogens with zero attached hydrogens (tertiary/aromatic N) is 1. The number of non-ortho nitro benzene ring substituents is 1. The second-order valence-corrected chi connectivity index (χ2v) is 8.33. The molecule has 8 heteroatoms. The number of ketones is 2.